The number of halogens is 5. The van der Waals surface area contributed by atoms with Crippen molar-refractivity contribution < 1.29 is 9.53 Å². The summed E-state index contributed by atoms with van der Waals surface area (Å²) in [7, 11) is 0. The molecule has 1 fully saturated rings. The molecule has 1 aliphatic rings. The fourth-order valence-corrected chi connectivity index (χ4v) is 5.64. The number of piperazine rings is 1. The van der Waals surface area contributed by atoms with Crippen LogP contribution in [0.1, 0.15) is 11.1 Å². The Bertz CT molecular complexity index is 871. The van der Waals surface area contributed by atoms with Gasteiger partial charge in [0.2, 0.25) is 0 Å². The van der Waals surface area contributed by atoms with Crippen molar-refractivity contribution in [2.45, 2.75) is 13.5 Å². The molecule has 0 N–H and O–H groups in total. The highest BCUT2D eigenvalue weighted by Gasteiger charge is 2.23. The summed E-state index contributed by atoms with van der Waals surface area (Å²) in [6.45, 7) is 5.90. The Morgan fingerprint density at radius 3 is 2.17 bits per heavy atom. The van der Waals surface area contributed by atoms with Gasteiger partial charge < -0.3 is 9.64 Å². The molecule has 0 radical (unpaired) electrons. The van der Waals surface area contributed by atoms with E-state index in [2.05, 4.69) is 68.6 Å². The molecule has 0 saturated carbocycles. The molecular weight excluding hydrogens is 655 g/mol. The number of rotatable bonds is 5. The first-order valence-corrected chi connectivity index (χ1v) is 12.5. The SMILES string of the molecule is Cc1c(Br)c(Br)c(Br)c(Br)c1OCC(=O)N1CCN(Cc2ccc(Cl)cc2)CC1. The van der Waals surface area contributed by atoms with Gasteiger partial charge in [0.25, 0.3) is 5.91 Å². The Morgan fingerprint density at radius 2 is 1.55 bits per heavy atom. The van der Waals surface area contributed by atoms with Gasteiger partial charge >= 0.3 is 0 Å². The first kappa shape index (κ1) is 23.5. The zero-order chi connectivity index (χ0) is 21.1. The molecule has 4 nitrogen and oxygen atoms in total. The summed E-state index contributed by atoms with van der Waals surface area (Å²) in [5.41, 5.74) is 2.15. The van der Waals surface area contributed by atoms with Crippen LogP contribution < -0.4 is 4.74 Å². The van der Waals surface area contributed by atoms with Crippen LogP contribution in [0.5, 0.6) is 5.75 Å². The predicted molar refractivity (Wildman–Crippen MR) is 131 cm³/mol. The maximum Gasteiger partial charge on any atom is 0.260 e. The molecule has 3 rings (SSSR count). The fourth-order valence-electron chi connectivity index (χ4n) is 3.12. The number of amides is 1. The summed E-state index contributed by atoms with van der Waals surface area (Å²) in [4.78, 5) is 16.9. The molecule has 0 bridgehead atoms. The van der Waals surface area contributed by atoms with Crippen molar-refractivity contribution in [1.82, 2.24) is 9.80 Å². The largest absolute Gasteiger partial charge is 0.482 e. The first-order valence-electron chi connectivity index (χ1n) is 8.98. The van der Waals surface area contributed by atoms with Gasteiger partial charge in [-0.25, -0.2) is 0 Å². The van der Waals surface area contributed by atoms with Crippen molar-refractivity contribution in [3.05, 3.63) is 58.3 Å². The van der Waals surface area contributed by atoms with Crippen LogP contribution in [-0.4, -0.2) is 48.5 Å². The summed E-state index contributed by atoms with van der Waals surface area (Å²) in [6.07, 6.45) is 0. The van der Waals surface area contributed by atoms with E-state index in [0.717, 1.165) is 48.1 Å². The molecule has 2 aromatic carbocycles. The second kappa shape index (κ2) is 10.5. The van der Waals surface area contributed by atoms with E-state index in [1.165, 1.54) is 5.56 Å². The summed E-state index contributed by atoms with van der Waals surface area (Å²) < 4.78 is 9.31. The summed E-state index contributed by atoms with van der Waals surface area (Å²) in [5, 5.41) is 0.746. The minimum atomic E-state index is -0.00222. The van der Waals surface area contributed by atoms with Crippen molar-refractivity contribution in [2.75, 3.05) is 32.8 Å². The highest BCUT2D eigenvalue weighted by molar-refractivity contribution is 9.15. The van der Waals surface area contributed by atoms with Gasteiger partial charge in [0.15, 0.2) is 6.61 Å². The third-order valence-corrected chi connectivity index (χ3v) is 10.0. The molecule has 9 heteroatoms. The summed E-state index contributed by atoms with van der Waals surface area (Å²) >= 11 is 20.1. The van der Waals surface area contributed by atoms with E-state index in [4.69, 9.17) is 16.3 Å². The van der Waals surface area contributed by atoms with Crippen LogP contribution in [0.3, 0.4) is 0 Å². The molecule has 1 aliphatic heterocycles. The Labute approximate surface area is 209 Å². The van der Waals surface area contributed by atoms with E-state index < -0.39 is 0 Å². The standard InChI is InChI=1S/C20H19Br4ClN2O2/c1-12-16(21)17(22)18(23)19(24)20(12)29-11-15(28)27-8-6-26(7-9-27)10-13-2-4-14(25)5-3-13/h2-5H,6-11H2,1H3. The Kier molecular flexibility index (Phi) is 8.49. The number of carbonyl (C=O) groups is 1. The molecule has 0 atom stereocenters. The lowest BCUT2D eigenvalue weighted by Gasteiger charge is -2.34. The first-order chi connectivity index (χ1) is 13.8. The molecule has 29 heavy (non-hydrogen) atoms. The zero-order valence-corrected chi connectivity index (χ0v) is 22.8. The number of hydrogen-bond acceptors (Lipinski definition) is 3. The van der Waals surface area contributed by atoms with Crippen LogP contribution in [0.15, 0.2) is 42.2 Å². The Balaban J connectivity index is 1.53. The minimum absolute atomic E-state index is 0.00222. The molecule has 0 unspecified atom stereocenters. The zero-order valence-electron chi connectivity index (χ0n) is 15.7. The normalized spacial score (nSPS) is 14.9. The summed E-state index contributed by atoms with van der Waals surface area (Å²) in [6, 6.07) is 7.91. The maximum atomic E-state index is 12.7. The van der Waals surface area contributed by atoms with Crippen LogP contribution in [0.25, 0.3) is 0 Å². The lowest BCUT2D eigenvalue weighted by Crippen LogP contribution is -2.49. The van der Waals surface area contributed by atoms with Gasteiger partial charge in [-0.2, -0.15) is 0 Å². The van der Waals surface area contributed by atoms with Gasteiger partial charge in [0.1, 0.15) is 5.75 Å². The molecule has 1 saturated heterocycles. The molecule has 2 aromatic rings. The second-order valence-electron chi connectivity index (χ2n) is 6.78. The van der Waals surface area contributed by atoms with Crippen molar-refractivity contribution in [3.63, 3.8) is 0 Å². The molecule has 1 heterocycles. The number of hydrogen-bond donors (Lipinski definition) is 0. The van der Waals surface area contributed by atoms with Crippen LogP contribution >= 0.6 is 75.3 Å². The monoisotopic (exact) mass is 670 g/mol. The van der Waals surface area contributed by atoms with Gasteiger partial charge in [-0.1, -0.05) is 23.7 Å². The Hall–Kier alpha value is -0.120. The van der Waals surface area contributed by atoms with Crippen LogP contribution in [-0.2, 0) is 11.3 Å². The lowest BCUT2D eigenvalue weighted by atomic mass is 10.2. The quantitative estimate of drug-likeness (QED) is 0.271. The van der Waals surface area contributed by atoms with Gasteiger partial charge in [0, 0.05) is 52.3 Å². The van der Waals surface area contributed by atoms with Crippen LogP contribution in [0.2, 0.25) is 5.02 Å². The lowest BCUT2D eigenvalue weighted by molar-refractivity contribution is -0.135. The van der Waals surface area contributed by atoms with Gasteiger partial charge in [-0.05, 0) is 88.3 Å². The van der Waals surface area contributed by atoms with Gasteiger partial charge in [-0.15, -0.1) is 0 Å². The van der Waals surface area contributed by atoms with E-state index in [0.29, 0.717) is 18.8 Å². The van der Waals surface area contributed by atoms with Crippen molar-refractivity contribution in [2.24, 2.45) is 0 Å². The van der Waals surface area contributed by atoms with Gasteiger partial charge in [0.05, 0.1) is 8.95 Å². The number of ether oxygens (including phenoxy) is 1. The fraction of sp³-hybridized carbons (Fsp3) is 0.350. The molecule has 0 aromatic heterocycles. The van der Waals surface area contributed by atoms with E-state index in [9.17, 15) is 4.79 Å². The van der Waals surface area contributed by atoms with Crippen LogP contribution in [0.4, 0.5) is 0 Å². The Morgan fingerprint density at radius 1 is 0.966 bits per heavy atom. The smallest absolute Gasteiger partial charge is 0.260 e. The average Bonchev–Trinajstić information content (AvgIpc) is 2.73. The predicted octanol–water partition coefficient (Wildman–Crippen LogP) is 6.42. The number of nitrogens with zero attached hydrogens (tertiary/aromatic N) is 2. The average molecular weight is 674 g/mol. The highest BCUT2D eigenvalue weighted by atomic mass is 79.9. The number of carbonyl (C=O) groups excluding carboxylic acids is 1. The summed E-state index contributed by atoms with van der Waals surface area (Å²) in [5.74, 6) is 0.652. The van der Waals surface area contributed by atoms with E-state index in [1.54, 1.807) is 0 Å². The maximum absolute atomic E-state index is 12.7. The van der Waals surface area contributed by atoms with Crippen molar-refractivity contribution in [3.8, 4) is 5.75 Å². The molecule has 1 amide bonds. The third kappa shape index (κ3) is 5.77. The molecule has 0 aliphatic carbocycles. The molecule has 156 valence electrons. The highest BCUT2D eigenvalue weighted by Crippen LogP contribution is 2.45. The van der Waals surface area contributed by atoms with E-state index >= 15 is 0 Å². The van der Waals surface area contributed by atoms with E-state index in [1.807, 2.05) is 36.1 Å². The van der Waals surface area contributed by atoms with E-state index in [-0.39, 0.29) is 12.5 Å². The second-order valence-corrected chi connectivity index (χ2v) is 10.4. The van der Waals surface area contributed by atoms with Crippen molar-refractivity contribution >= 4 is 81.2 Å². The number of benzene rings is 2. The molecule has 0 spiro atoms. The molecular formula is C20H19Br4ClN2O2. The topological polar surface area (TPSA) is 32.8 Å². The third-order valence-electron chi connectivity index (χ3n) is 4.83. The minimum Gasteiger partial charge on any atom is -0.482 e. The van der Waals surface area contributed by atoms with Gasteiger partial charge in [-0.3, -0.25) is 9.69 Å². The van der Waals surface area contributed by atoms with Crippen LogP contribution in [0, 0.1) is 6.92 Å². The van der Waals surface area contributed by atoms with Crippen molar-refractivity contribution in [1.29, 1.82) is 0 Å².